The maximum Gasteiger partial charge on any atom is 0.257 e. The number of benzene rings is 1. The van der Waals surface area contributed by atoms with Crippen LogP contribution in [-0.4, -0.2) is 23.9 Å². The number of carbonyl (C=O) groups excluding carboxylic acids is 1. The van der Waals surface area contributed by atoms with E-state index in [2.05, 4.69) is 26.8 Å². The van der Waals surface area contributed by atoms with Crippen LogP contribution in [0.3, 0.4) is 0 Å². The van der Waals surface area contributed by atoms with Gasteiger partial charge in [0, 0.05) is 13.1 Å². The average Bonchev–Trinajstić information content (AvgIpc) is 2.38. The third-order valence-corrected chi connectivity index (χ3v) is 3.56. The summed E-state index contributed by atoms with van der Waals surface area (Å²) >= 11 is 0. The molecule has 0 aliphatic carbocycles. The fourth-order valence-corrected chi connectivity index (χ4v) is 2.34. The summed E-state index contributed by atoms with van der Waals surface area (Å²) in [5.74, 6) is -0.666. The van der Waals surface area contributed by atoms with Gasteiger partial charge in [-0.25, -0.2) is 4.39 Å². The van der Waals surface area contributed by atoms with Crippen LogP contribution in [0.15, 0.2) is 35.9 Å². The molecule has 1 heterocycles. The minimum Gasteiger partial charge on any atom is -0.335 e. The molecule has 0 bridgehead atoms. The lowest BCUT2D eigenvalue weighted by Crippen LogP contribution is -2.36. The topological polar surface area (TPSA) is 20.3 Å². The Labute approximate surface area is 113 Å². The molecule has 1 aliphatic heterocycles. The van der Waals surface area contributed by atoms with Crippen molar-refractivity contribution in [3.05, 3.63) is 47.3 Å². The van der Waals surface area contributed by atoms with E-state index in [4.69, 9.17) is 0 Å². The highest BCUT2D eigenvalue weighted by Gasteiger charge is 2.25. The summed E-state index contributed by atoms with van der Waals surface area (Å²) in [5.41, 5.74) is 1.67. The molecule has 2 rings (SSSR count). The Bertz CT molecular complexity index is 514. The third-order valence-electron chi connectivity index (χ3n) is 3.56. The number of amides is 1. The van der Waals surface area contributed by atoms with Crippen molar-refractivity contribution in [2.75, 3.05) is 13.1 Å². The molecule has 102 valence electrons. The number of halogens is 1. The van der Waals surface area contributed by atoms with Gasteiger partial charge in [0.15, 0.2) is 0 Å². The van der Waals surface area contributed by atoms with E-state index in [1.807, 2.05) is 0 Å². The second kappa shape index (κ2) is 5.16. The van der Waals surface area contributed by atoms with Crippen molar-refractivity contribution in [1.29, 1.82) is 0 Å². The van der Waals surface area contributed by atoms with Crippen molar-refractivity contribution in [2.45, 2.75) is 27.2 Å². The molecule has 0 saturated carbocycles. The molecule has 1 aromatic carbocycles. The zero-order valence-electron chi connectivity index (χ0n) is 11.7. The molecule has 1 aliphatic rings. The van der Waals surface area contributed by atoms with Crippen molar-refractivity contribution in [1.82, 2.24) is 4.90 Å². The zero-order chi connectivity index (χ0) is 14.0. The summed E-state index contributed by atoms with van der Waals surface area (Å²) in [4.78, 5) is 13.9. The molecular formula is C16H20FNO. The highest BCUT2D eigenvalue weighted by molar-refractivity contribution is 5.94. The van der Waals surface area contributed by atoms with Crippen LogP contribution in [0.25, 0.3) is 0 Å². The first-order valence-corrected chi connectivity index (χ1v) is 6.63. The largest absolute Gasteiger partial charge is 0.335 e. The van der Waals surface area contributed by atoms with Crippen LogP contribution in [0, 0.1) is 11.2 Å². The molecule has 0 saturated heterocycles. The molecule has 0 radical (unpaired) electrons. The molecule has 2 nitrogen and oxygen atoms in total. The molecule has 0 fully saturated rings. The maximum atomic E-state index is 13.6. The van der Waals surface area contributed by atoms with E-state index in [-0.39, 0.29) is 16.9 Å². The summed E-state index contributed by atoms with van der Waals surface area (Å²) in [5, 5.41) is 0. The van der Waals surface area contributed by atoms with Crippen molar-refractivity contribution < 1.29 is 9.18 Å². The van der Waals surface area contributed by atoms with Gasteiger partial charge in [-0.2, -0.15) is 0 Å². The first-order chi connectivity index (χ1) is 8.89. The van der Waals surface area contributed by atoms with Crippen molar-refractivity contribution in [2.24, 2.45) is 5.41 Å². The fraction of sp³-hybridized carbons (Fsp3) is 0.438. The summed E-state index contributed by atoms with van der Waals surface area (Å²) in [6.45, 7) is 7.75. The quantitative estimate of drug-likeness (QED) is 0.707. The molecule has 19 heavy (non-hydrogen) atoms. The van der Waals surface area contributed by atoms with Gasteiger partial charge >= 0.3 is 0 Å². The van der Waals surface area contributed by atoms with Gasteiger partial charge in [-0.15, -0.1) is 0 Å². The van der Waals surface area contributed by atoms with E-state index in [0.717, 1.165) is 6.42 Å². The maximum absolute atomic E-state index is 13.6. The second-order valence-electron chi connectivity index (χ2n) is 5.96. The first-order valence-electron chi connectivity index (χ1n) is 6.63. The smallest absolute Gasteiger partial charge is 0.257 e. The number of hydrogen-bond acceptors (Lipinski definition) is 1. The predicted molar refractivity (Wildman–Crippen MR) is 74.5 cm³/mol. The molecule has 0 spiro atoms. The van der Waals surface area contributed by atoms with Crippen LogP contribution in [0.5, 0.6) is 0 Å². The monoisotopic (exact) mass is 261 g/mol. The second-order valence-corrected chi connectivity index (χ2v) is 5.96. The van der Waals surface area contributed by atoms with Crippen LogP contribution in [-0.2, 0) is 0 Å². The average molecular weight is 261 g/mol. The van der Waals surface area contributed by atoms with E-state index < -0.39 is 5.82 Å². The van der Waals surface area contributed by atoms with Crippen LogP contribution in [0.2, 0.25) is 0 Å². The normalized spacial score (nSPS) is 16.2. The lowest BCUT2D eigenvalue weighted by molar-refractivity contribution is 0.0760. The Morgan fingerprint density at radius 2 is 1.95 bits per heavy atom. The standard InChI is InChI=1S/C16H20FNO/c1-16(2,3)12-8-10-18(11-9-12)15(19)13-6-4-5-7-14(13)17/h4-8H,9-11H2,1-3H3. The molecular weight excluding hydrogens is 241 g/mol. The van der Waals surface area contributed by atoms with Crippen LogP contribution in [0.1, 0.15) is 37.6 Å². The molecule has 0 unspecified atom stereocenters. The number of rotatable bonds is 1. The highest BCUT2D eigenvalue weighted by Crippen LogP contribution is 2.30. The van der Waals surface area contributed by atoms with Gasteiger partial charge < -0.3 is 4.90 Å². The Balaban J connectivity index is 2.13. The first kappa shape index (κ1) is 13.8. The van der Waals surface area contributed by atoms with E-state index in [9.17, 15) is 9.18 Å². The van der Waals surface area contributed by atoms with Crippen molar-refractivity contribution in [3.63, 3.8) is 0 Å². The summed E-state index contributed by atoms with van der Waals surface area (Å²) in [7, 11) is 0. The predicted octanol–water partition coefficient (Wildman–Crippen LogP) is 3.64. The van der Waals surface area contributed by atoms with Crippen molar-refractivity contribution in [3.8, 4) is 0 Å². The fourth-order valence-electron chi connectivity index (χ4n) is 2.34. The van der Waals surface area contributed by atoms with E-state index in [1.54, 1.807) is 23.1 Å². The number of nitrogens with zero attached hydrogens (tertiary/aromatic N) is 1. The van der Waals surface area contributed by atoms with Gasteiger partial charge in [-0.05, 0) is 24.0 Å². The van der Waals surface area contributed by atoms with E-state index >= 15 is 0 Å². The lowest BCUT2D eigenvalue weighted by atomic mass is 9.83. The zero-order valence-corrected chi connectivity index (χ0v) is 11.7. The van der Waals surface area contributed by atoms with Gasteiger partial charge in [0.2, 0.25) is 0 Å². The molecule has 1 amide bonds. The highest BCUT2D eigenvalue weighted by atomic mass is 19.1. The van der Waals surface area contributed by atoms with Gasteiger partial charge in [0.25, 0.3) is 5.91 Å². The van der Waals surface area contributed by atoms with Crippen LogP contribution >= 0.6 is 0 Å². The summed E-state index contributed by atoms with van der Waals surface area (Å²) < 4.78 is 13.6. The number of hydrogen-bond donors (Lipinski definition) is 0. The summed E-state index contributed by atoms with van der Waals surface area (Å²) in [6, 6.07) is 6.16. The van der Waals surface area contributed by atoms with Gasteiger partial charge in [-0.1, -0.05) is 44.6 Å². The van der Waals surface area contributed by atoms with Gasteiger partial charge in [0.05, 0.1) is 5.56 Å². The molecule has 3 heteroatoms. The van der Waals surface area contributed by atoms with Crippen LogP contribution < -0.4 is 0 Å². The molecule has 0 atom stereocenters. The van der Waals surface area contributed by atoms with Crippen molar-refractivity contribution >= 4 is 5.91 Å². The van der Waals surface area contributed by atoms with Gasteiger partial charge in [-0.3, -0.25) is 4.79 Å². The SMILES string of the molecule is CC(C)(C)C1=CCN(C(=O)c2ccccc2F)CC1. The van der Waals surface area contributed by atoms with E-state index in [1.165, 1.54) is 11.6 Å². The molecule has 0 N–H and O–H groups in total. The Morgan fingerprint density at radius 1 is 1.26 bits per heavy atom. The van der Waals surface area contributed by atoms with E-state index in [0.29, 0.717) is 13.1 Å². The Hall–Kier alpha value is -1.64. The Kier molecular flexibility index (Phi) is 3.74. The summed E-state index contributed by atoms with van der Waals surface area (Å²) in [6.07, 6.45) is 2.96. The third kappa shape index (κ3) is 3.03. The minimum absolute atomic E-state index is 0.146. The van der Waals surface area contributed by atoms with Gasteiger partial charge in [0.1, 0.15) is 5.82 Å². The lowest BCUT2D eigenvalue weighted by Gasteiger charge is -2.32. The minimum atomic E-state index is -0.446. The number of carbonyl (C=O) groups is 1. The Morgan fingerprint density at radius 3 is 2.47 bits per heavy atom. The van der Waals surface area contributed by atoms with Crippen LogP contribution in [0.4, 0.5) is 4.39 Å². The molecule has 1 aromatic rings. The molecule has 0 aromatic heterocycles.